The lowest BCUT2D eigenvalue weighted by Crippen LogP contribution is -2.10. The Morgan fingerprint density at radius 2 is 1.90 bits per heavy atom. The SMILES string of the molecule is CC(C)(C)CC[C@H](O)c1cccc2n[nH]c(C(F)(F)F)c12. The van der Waals surface area contributed by atoms with Crippen molar-refractivity contribution < 1.29 is 18.3 Å². The number of H-pyrrole nitrogens is 1. The Kier molecular flexibility index (Phi) is 4.02. The number of aliphatic hydroxyl groups excluding tert-OH is 1. The van der Waals surface area contributed by atoms with Crippen LogP contribution in [0.1, 0.15) is 51.0 Å². The van der Waals surface area contributed by atoms with Crippen LogP contribution < -0.4 is 0 Å². The molecule has 21 heavy (non-hydrogen) atoms. The largest absolute Gasteiger partial charge is 0.433 e. The number of fused-ring (bicyclic) bond motifs is 1. The molecule has 0 unspecified atom stereocenters. The summed E-state index contributed by atoms with van der Waals surface area (Å²) in [7, 11) is 0. The average molecular weight is 300 g/mol. The van der Waals surface area contributed by atoms with Crippen molar-refractivity contribution in [3.63, 3.8) is 0 Å². The summed E-state index contributed by atoms with van der Waals surface area (Å²) >= 11 is 0. The van der Waals surface area contributed by atoms with Gasteiger partial charge in [-0.15, -0.1) is 0 Å². The zero-order valence-electron chi connectivity index (χ0n) is 12.3. The summed E-state index contributed by atoms with van der Waals surface area (Å²) in [5, 5.41) is 16.0. The Bertz CT molecular complexity index is 626. The molecule has 0 amide bonds. The summed E-state index contributed by atoms with van der Waals surface area (Å²) in [5.74, 6) is 0. The van der Waals surface area contributed by atoms with Crippen molar-refractivity contribution in [2.75, 3.05) is 0 Å². The van der Waals surface area contributed by atoms with E-state index in [4.69, 9.17) is 0 Å². The van der Waals surface area contributed by atoms with Crippen LogP contribution in [-0.4, -0.2) is 15.3 Å². The van der Waals surface area contributed by atoms with E-state index in [1.54, 1.807) is 6.07 Å². The number of hydrogen-bond acceptors (Lipinski definition) is 2. The Morgan fingerprint density at radius 1 is 1.24 bits per heavy atom. The molecule has 0 spiro atoms. The molecule has 0 bridgehead atoms. The van der Waals surface area contributed by atoms with E-state index in [1.807, 2.05) is 25.9 Å². The highest BCUT2D eigenvalue weighted by Crippen LogP contribution is 2.38. The minimum atomic E-state index is -4.52. The van der Waals surface area contributed by atoms with Gasteiger partial charge in [-0.05, 0) is 29.9 Å². The number of aliphatic hydroxyl groups is 1. The normalized spacial score (nSPS) is 14.6. The third-order valence-corrected chi connectivity index (χ3v) is 3.42. The minimum absolute atomic E-state index is 0.0120. The van der Waals surface area contributed by atoms with Gasteiger partial charge in [-0.3, -0.25) is 5.10 Å². The molecule has 0 aliphatic heterocycles. The number of aromatic amines is 1. The van der Waals surface area contributed by atoms with Gasteiger partial charge in [0, 0.05) is 5.39 Å². The second-order valence-corrected chi connectivity index (χ2v) is 6.45. The van der Waals surface area contributed by atoms with Crippen LogP contribution in [0.25, 0.3) is 10.9 Å². The minimum Gasteiger partial charge on any atom is -0.388 e. The van der Waals surface area contributed by atoms with E-state index in [1.165, 1.54) is 12.1 Å². The Labute approximate surface area is 121 Å². The molecule has 1 heterocycles. The van der Waals surface area contributed by atoms with Gasteiger partial charge in [-0.25, -0.2) is 0 Å². The molecule has 2 aromatic rings. The van der Waals surface area contributed by atoms with Crippen LogP contribution in [0.3, 0.4) is 0 Å². The number of alkyl halides is 3. The first-order valence-corrected chi connectivity index (χ1v) is 6.82. The maximum Gasteiger partial charge on any atom is 0.433 e. The fourth-order valence-electron chi connectivity index (χ4n) is 2.30. The maximum atomic E-state index is 13.0. The standard InChI is InChI=1S/C15H19F3N2O/c1-14(2,3)8-7-11(21)9-5-4-6-10-12(9)13(20-19-10)15(16,17)18/h4-6,11,21H,7-8H2,1-3H3,(H,19,20)/t11-/m0/s1. The molecule has 0 aliphatic rings. The highest BCUT2D eigenvalue weighted by Gasteiger charge is 2.36. The van der Waals surface area contributed by atoms with Crippen molar-refractivity contribution in [3.8, 4) is 0 Å². The zero-order valence-corrected chi connectivity index (χ0v) is 12.3. The van der Waals surface area contributed by atoms with Crippen LogP contribution in [0.4, 0.5) is 13.2 Å². The lowest BCUT2D eigenvalue weighted by Gasteiger charge is -2.21. The number of nitrogens with one attached hydrogen (secondary N) is 1. The van der Waals surface area contributed by atoms with E-state index in [9.17, 15) is 18.3 Å². The topological polar surface area (TPSA) is 48.9 Å². The lowest BCUT2D eigenvalue weighted by atomic mass is 9.87. The second kappa shape index (κ2) is 5.33. The van der Waals surface area contributed by atoms with E-state index in [-0.39, 0.29) is 21.9 Å². The van der Waals surface area contributed by atoms with Gasteiger partial charge in [-0.2, -0.15) is 18.3 Å². The predicted molar refractivity (Wildman–Crippen MR) is 74.7 cm³/mol. The highest BCUT2D eigenvalue weighted by atomic mass is 19.4. The predicted octanol–water partition coefficient (Wildman–Crippen LogP) is 4.44. The Balaban J connectivity index is 2.42. The lowest BCUT2D eigenvalue weighted by molar-refractivity contribution is -0.140. The fraction of sp³-hybridized carbons (Fsp3) is 0.533. The molecule has 3 nitrogen and oxygen atoms in total. The van der Waals surface area contributed by atoms with Crippen LogP contribution in [0.2, 0.25) is 0 Å². The number of halogens is 3. The van der Waals surface area contributed by atoms with Crippen LogP contribution in [0.5, 0.6) is 0 Å². The van der Waals surface area contributed by atoms with Gasteiger partial charge in [-0.1, -0.05) is 32.9 Å². The van der Waals surface area contributed by atoms with E-state index >= 15 is 0 Å². The number of nitrogens with zero attached hydrogens (tertiary/aromatic N) is 1. The first-order chi connectivity index (χ1) is 9.59. The third-order valence-electron chi connectivity index (χ3n) is 3.42. The molecule has 0 fully saturated rings. The molecule has 1 atom stereocenters. The molecular weight excluding hydrogens is 281 g/mol. The molecule has 6 heteroatoms. The zero-order chi connectivity index (χ0) is 15.8. The number of hydrogen-bond donors (Lipinski definition) is 2. The van der Waals surface area contributed by atoms with Crippen molar-refractivity contribution >= 4 is 10.9 Å². The van der Waals surface area contributed by atoms with Gasteiger partial charge in [0.1, 0.15) is 5.69 Å². The van der Waals surface area contributed by atoms with Crippen LogP contribution in [0, 0.1) is 5.41 Å². The number of benzene rings is 1. The van der Waals surface area contributed by atoms with Crippen molar-refractivity contribution in [2.45, 2.75) is 45.9 Å². The second-order valence-electron chi connectivity index (χ2n) is 6.45. The maximum absolute atomic E-state index is 13.0. The van der Waals surface area contributed by atoms with Gasteiger partial charge < -0.3 is 5.11 Å². The summed E-state index contributed by atoms with van der Waals surface area (Å²) < 4.78 is 39.1. The average Bonchev–Trinajstić information content (AvgIpc) is 2.78. The number of rotatable bonds is 3. The van der Waals surface area contributed by atoms with E-state index in [0.29, 0.717) is 12.8 Å². The molecule has 0 aliphatic carbocycles. The molecule has 1 aromatic heterocycles. The quantitative estimate of drug-likeness (QED) is 0.880. The number of aromatic nitrogens is 2. The first kappa shape index (κ1) is 15.8. The van der Waals surface area contributed by atoms with E-state index in [0.717, 1.165) is 0 Å². The Hall–Kier alpha value is -1.56. The summed E-state index contributed by atoms with van der Waals surface area (Å²) in [5.41, 5.74) is -0.395. The molecule has 2 N–H and O–H groups in total. The van der Waals surface area contributed by atoms with Crippen molar-refractivity contribution in [2.24, 2.45) is 5.41 Å². The van der Waals surface area contributed by atoms with Crippen LogP contribution in [0.15, 0.2) is 18.2 Å². The van der Waals surface area contributed by atoms with Crippen LogP contribution >= 0.6 is 0 Å². The summed E-state index contributed by atoms with van der Waals surface area (Å²) in [6.45, 7) is 6.08. The monoisotopic (exact) mass is 300 g/mol. The fourth-order valence-corrected chi connectivity index (χ4v) is 2.30. The van der Waals surface area contributed by atoms with Gasteiger partial charge in [0.2, 0.25) is 0 Å². The molecule has 1 aromatic carbocycles. The van der Waals surface area contributed by atoms with E-state index < -0.39 is 18.0 Å². The summed E-state index contributed by atoms with van der Waals surface area (Å²) in [6.07, 6.45) is -4.34. The van der Waals surface area contributed by atoms with Gasteiger partial charge in [0.05, 0.1) is 11.6 Å². The van der Waals surface area contributed by atoms with Gasteiger partial charge in [0.15, 0.2) is 0 Å². The van der Waals surface area contributed by atoms with Crippen LogP contribution in [-0.2, 0) is 6.18 Å². The van der Waals surface area contributed by atoms with Gasteiger partial charge in [0.25, 0.3) is 0 Å². The molecule has 2 rings (SSSR count). The van der Waals surface area contributed by atoms with Crippen molar-refractivity contribution in [1.82, 2.24) is 10.2 Å². The van der Waals surface area contributed by atoms with Gasteiger partial charge >= 0.3 is 6.18 Å². The summed E-state index contributed by atoms with van der Waals surface area (Å²) in [4.78, 5) is 0. The smallest absolute Gasteiger partial charge is 0.388 e. The highest BCUT2D eigenvalue weighted by molar-refractivity contribution is 5.85. The third kappa shape index (κ3) is 3.56. The van der Waals surface area contributed by atoms with E-state index in [2.05, 4.69) is 5.10 Å². The molecule has 0 saturated heterocycles. The molecular formula is C15H19F3N2O. The van der Waals surface area contributed by atoms with Crippen molar-refractivity contribution in [3.05, 3.63) is 29.5 Å². The first-order valence-electron chi connectivity index (χ1n) is 6.82. The molecule has 116 valence electrons. The molecule has 0 saturated carbocycles. The van der Waals surface area contributed by atoms with Crippen molar-refractivity contribution in [1.29, 1.82) is 0 Å². The summed E-state index contributed by atoms with van der Waals surface area (Å²) in [6, 6.07) is 4.64. The Morgan fingerprint density at radius 3 is 2.48 bits per heavy atom. The molecule has 0 radical (unpaired) electrons.